The van der Waals surface area contributed by atoms with Crippen molar-refractivity contribution in [1.29, 1.82) is 0 Å². The summed E-state index contributed by atoms with van der Waals surface area (Å²) in [6, 6.07) is 1.37. The van der Waals surface area contributed by atoms with Crippen LogP contribution in [-0.4, -0.2) is 65.0 Å². The molecule has 1 unspecified atom stereocenters. The number of nitrogens with zero attached hydrogens (tertiary/aromatic N) is 4. The van der Waals surface area contributed by atoms with Crippen LogP contribution in [0.5, 0.6) is 0 Å². The van der Waals surface area contributed by atoms with E-state index < -0.39 is 17.7 Å². The lowest BCUT2D eigenvalue weighted by atomic mass is 10.2. The summed E-state index contributed by atoms with van der Waals surface area (Å²) in [7, 11) is 1.73. The summed E-state index contributed by atoms with van der Waals surface area (Å²) in [5.74, 6) is 0.630. The van der Waals surface area contributed by atoms with E-state index in [4.69, 9.17) is 4.74 Å². The molecule has 144 valence electrons. The van der Waals surface area contributed by atoms with Crippen LogP contribution in [0.4, 0.5) is 10.6 Å². The number of likely N-dealkylation sites (N-methyl/N-ethyl adjacent to an activating group) is 1. The third-order valence-electron chi connectivity index (χ3n) is 4.74. The number of hydrogen-bond acceptors (Lipinski definition) is 5. The molecule has 1 fully saturated rings. The molecule has 8 nitrogen and oxygen atoms in total. The molecule has 0 spiro atoms. The van der Waals surface area contributed by atoms with Crippen LogP contribution in [0.1, 0.15) is 39.3 Å². The summed E-state index contributed by atoms with van der Waals surface area (Å²) in [6.07, 6.45) is 2.09. The van der Waals surface area contributed by atoms with E-state index in [0.29, 0.717) is 13.0 Å². The molecule has 2 amide bonds. The Morgan fingerprint density at radius 2 is 2.08 bits per heavy atom. The standard InChI is InChI=1S/C18H29N5O3/c1-18(2,3)26-17(25)19-14-7-11-23-15(21(4)16(14)24)12-13(20-23)6-10-22-8-5-9-22/h12,14H,5-11H2,1-4H3,(H,19,25). The van der Waals surface area contributed by atoms with Gasteiger partial charge >= 0.3 is 6.09 Å². The Balaban J connectivity index is 1.62. The van der Waals surface area contributed by atoms with Crippen molar-refractivity contribution in [1.82, 2.24) is 20.0 Å². The smallest absolute Gasteiger partial charge is 0.408 e. The first-order valence-electron chi connectivity index (χ1n) is 9.29. The molecule has 3 rings (SSSR count). The van der Waals surface area contributed by atoms with Crippen LogP contribution in [0.3, 0.4) is 0 Å². The maximum atomic E-state index is 12.7. The van der Waals surface area contributed by atoms with Gasteiger partial charge in [0, 0.05) is 32.6 Å². The highest BCUT2D eigenvalue weighted by Crippen LogP contribution is 2.22. The van der Waals surface area contributed by atoms with Gasteiger partial charge in [0.05, 0.1) is 5.69 Å². The fourth-order valence-corrected chi connectivity index (χ4v) is 3.20. The molecule has 1 N–H and O–H groups in total. The van der Waals surface area contributed by atoms with Gasteiger partial charge < -0.3 is 15.0 Å². The highest BCUT2D eigenvalue weighted by Gasteiger charge is 2.31. The molecule has 2 aliphatic rings. The molecule has 0 bridgehead atoms. The van der Waals surface area contributed by atoms with Crippen molar-refractivity contribution >= 4 is 17.8 Å². The van der Waals surface area contributed by atoms with Gasteiger partial charge in [0.2, 0.25) is 0 Å². The number of carbonyl (C=O) groups is 2. The molecule has 0 aliphatic carbocycles. The van der Waals surface area contributed by atoms with Gasteiger partial charge in [0.15, 0.2) is 0 Å². The lowest BCUT2D eigenvalue weighted by Gasteiger charge is -2.30. The van der Waals surface area contributed by atoms with E-state index in [2.05, 4.69) is 15.3 Å². The Hall–Kier alpha value is -2.09. The Morgan fingerprint density at radius 1 is 1.35 bits per heavy atom. The molecule has 3 heterocycles. The van der Waals surface area contributed by atoms with Gasteiger partial charge in [0.1, 0.15) is 17.5 Å². The molecular formula is C18H29N5O3. The third-order valence-corrected chi connectivity index (χ3v) is 4.74. The quantitative estimate of drug-likeness (QED) is 0.874. The summed E-state index contributed by atoms with van der Waals surface area (Å²) >= 11 is 0. The molecule has 2 aliphatic heterocycles. The SMILES string of the molecule is CN1C(=O)C(NC(=O)OC(C)(C)C)CCn2nc(CCN3CCC3)cc21. The Bertz CT molecular complexity index is 675. The number of anilines is 1. The van der Waals surface area contributed by atoms with Gasteiger partial charge in [-0.05, 0) is 46.7 Å². The zero-order valence-electron chi connectivity index (χ0n) is 16.1. The van der Waals surface area contributed by atoms with Gasteiger partial charge in [-0.1, -0.05) is 0 Å². The first-order valence-corrected chi connectivity index (χ1v) is 9.29. The summed E-state index contributed by atoms with van der Waals surface area (Å²) in [4.78, 5) is 28.7. The van der Waals surface area contributed by atoms with E-state index >= 15 is 0 Å². The Morgan fingerprint density at radius 3 is 2.69 bits per heavy atom. The summed E-state index contributed by atoms with van der Waals surface area (Å²) < 4.78 is 7.13. The Kier molecular flexibility index (Phi) is 5.22. The van der Waals surface area contributed by atoms with Crippen LogP contribution in [0.2, 0.25) is 0 Å². The van der Waals surface area contributed by atoms with Crippen LogP contribution in [0, 0.1) is 0 Å². The molecule has 26 heavy (non-hydrogen) atoms. The number of nitrogens with one attached hydrogen (secondary N) is 1. The maximum absolute atomic E-state index is 12.7. The van der Waals surface area contributed by atoms with E-state index in [1.807, 2.05) is 10.7 Å². The predicted octanol–water partition coefficient (Wildman–Crippen LogP) is 1.39. The molecule has 1 aromatic rings. The fourth-order valence-electron chi connectivity index (χ4n) is 3.20. The number of hydrogen-bond donors (Lipinski definition) is 1. The highest BCUT2D eigenvalue weighted by atomic mass is 16.6. The number of aromatic nitrogens is 2. The number of aryl methyl sites for hydroxylation is 1. The van der Waals surface area contributed by atoms with E-state index in [1.165, 1.54) is 19.5 Å². The van der Waals surface area contributed by atoms with Crippen LogP contribution in [0.15, 0.2) is 6.07 Å². The highest BCUT2D eigenvalue weighted by molar-refractivity contribution is 5.98. The monoisotopic (exact) mass is 363 g/mol. The van der Waals surface area contributed by atoms with Crippen molar-refractivity contribution in [3.05, 3.63) is 11.8 Å². The summed E-state index contributed by atoms with van der Waals surface area (Å²) in [5.41, 5.74) is 0.409. The topological polar surface area (TPSA) is 79.7 Å². The largest absolute Gasteiger partial charge is 0.444 e. The van der Waals surface area contributed by atoms with Gasteiger partial charge in [-0.3, -0.25) is 9.69 Å². The van der Waals surface area contributed by atoms with Crippen molar-refractivity contribution < 1.29 is 14.3 Å². The van der Waals surface area contributed by atoms with Gasteiger partial charge in [0.25, 0.3) is 5.91 Å². The Labute approximate surface area is 154 Å². The normalized spacial score (nSPS) is 21.0. The van der Waals surface area contributed by atoms with Crippen molar-refractivity contribution in [2.75, 3.05) is 31.6 Å². The van der Waals surface area contributed by atoms with Crippen molar-refractivity contribution in [3.63, 3.8) is 0 Å². The van der Waals surface area contributed by atoms with Crippen LogP contribution >= 0.6 is 0 Å². The molecule has 1 atom stereocenters. The number of amides is 2. The van der Waals surface area contributed by atoms with Gasteiger partial charge in [-0.15, -0.1) is 0 Å². The molecule has 0 radical (unpaired) electrons. The van der Waals surface area contributed by atoms with Gasteiger partial charge in [-0.25, -0.2) is 9.48 Å². The second kappa shape index (κ2) is 7.26. The molecular weight excluding hydrogens is 334 g/mol. The number of carbonyl (C=O) groups excluding carboxylic acids is 2. The number of alkyl carbamates (subject to hydrolysis) is 1. The van der Waals surface area contributed by atoms with Gasteiger partial charge in [-0.2, -0.15) is 5.10 Å². The molecule has 8 heteroatoms. The first kappa shape index (κ1) is 18.7. The van der Waals surface area contributed by atoms with E-state index in [0.717, 1.165) is 24.5 Å². The van der Waals surface area contributed by atoms with Crippen LogP contribution in [0.25, 0.3) is 0 Å². The molecule has 1 aromatic heterocycles. The van der Waals surface area contributed by atoms with Crippen molar-refractivity contribution in [2.45, 2.75) is 58.2 Å². The lowest BCUT2D eigenvalue weighted by Crippen LogP contribution is -2.48. The lowest BCUT2D eigenvalue weighted by molar-refractivity contribution is -0.120. The minimum absolute atomic E-state index is 0.149. The predicted molar refractivity (Wildman–Crippen MR) is 98.2 cm³/mol. The zero-order chi connectivity index (χ0) is 18.9. The summed E-state index contributed by atoms with van der Waals surface area (Å²) in [6.45, 7) is 9.32. The average Bonchev–Trinajstić information content (AvgIpc) is 2.85. The van der Waals surface area contributed by atoms with Crippen molar-refractivity contribution in [2.24, 2.45) is 0 Å². The molecule has 0 aromatic carbocycles. The van der Waals surface area contributed by atoms with E-state index in [1.54, 1.807) is 32.7 Å². The molecule has 1 saturated heterocycles. The average molecular weight is 363 g/mol. The number of rotatable bonds is 4. The second-order valence-electron chi connectivity index (χ2n) is 8.05. The second-order valence-corrected chi connectivity index (χ2v) is 8.05. The molecule has 0 saturated carbocycles. The zero-order valence-corrected chi connectivity index (χ0v) is 16.1. The number of likely N-dealkylation sites (tertiary alicyclic amines) is 1. The van der Waals surface area contributed by atoms with Crippen LogP contribution in [-0.2, 0) is 22.5 Å². The summed E-state index contributed by atoms with van der Waals surface area (Å²) in [5, 5.41) is 7.34. The minimum atomic E-state index is -0.610. The third kappa shape index (κ3) is 4.35. The van der Waals surface area contributed by atoms with Crippen molar-refractivity contribution in [3.8, 4) is 0 Å². The minimum Gasteiger partial charge on any atom is -0.444 e. The fraction of sp³-hybridized carbons (Fsp3) is 0.722. The number of fused-ring (bicyclic) bond motifs is 1. The number of ether oxygens (including phenoxy) is 1. The van der Waals surface area contributed by atoms with E-state index in [9.17, 15) is 9.59 Å². The van der Waals surface area contributed by atoms with Crippen LogP contribution < -0.4 is 10.2 Å². The first-order chi connectivity index (χ1) is 12.2. The maximum Gasteiger partial charge on any atom is 0.408 e. The van der Waals surface area contributed by atoms with E-state index in [-0.39, 0.29) is 5.91 Å².